The number of aryl methyl sites for hydroxylation is 1. The van der Waals surface area contributed by atoms with Gasteiger partial charge in [-0.15, -0.1) is 0 Å². The molecule has 1 amide bonds. The van der Waals surface area contributed by atoms with Gasteiger partial charge >= 0.3 is 11.9 Å². The highest BCUT2D eigenvalue weighted by molar-refractivity contribution is 9.10. The number of esters is 2. The summed E-state index contributed by atoms with van der Waals surface area (Å²) >= 11 is 3.44. The number of ether oxygens (including phenoxy) is 2. The van der Waals surface area contributed by atoms with E-state index in [1.165, 1.54) is 4.90 Å². The van der Waals surface area contributed by atoms with Crippen LogP contribution in [0.5, 0.6) is 0 Å². The normalized spacial score (nSPS) is 10.5. The summed E-state index contributed by atoms with van der Waals surface area (Å²) in [4.78, 5) is 41.0. The number of aromatic amines is 1. The Morgan fingerprint density at radius 3 is 2.43 bits per heavy atom. The molecule has 0 bridgehead atoms. The zero-order chi connectivity index (χ0) is 20.8. The second-order valence-electron chi connectivity index (χ2n) is 6.26. The SMILES string of the molecule is CCOC(=O)c1[nH]c(C)c(C(=O)OCC(=O)N(C)Cc2ccccc2Br)c1C. The third kappa shape index (κ3) is 5.01. The van der Waals surface area contributed by atoms with Crippen LogP contribution in [-0.4, -0.2) is 48.0 Å². The summed E-state index contributed by atoms with van der Waals surface area (Å²) in [5.41, 5.74) is 2.32. The number of carbonyl (C=O) groups excluding carboxylic acids is 3. The Balaban J connectivity index is 2.01. The first kappa shape index (κ1) is 21.7. The van der Waals surface area contributed by atoms with Gasteiger partial charge in [-0.3, -0.25) is 4.79 Å². The van der Waals surface area contributed by atoms with Gasteiger partial charge in [0.1, 0.15) is 5.69 Å². The lowest BCUT2D eigenvalue weighted by Gasteiger charge is -2.18. The molecular weight excluding hydrogens is 428 g/mol. The average Bonchev–Trinajstić information content (AvgIpc) is 2.96. The van der Waals surface area contributed by atoms with Gasteiger partial charge in [-0.1, -0.05) is 34.1 Å². The largest absolute Gasteiger partial charge is 0.461 e. The Morgan fingerprint density at radius 2 is 1.79 bits per heavy atom. The van der Waals surface area contributed by atoms with E-state index in [1.54, 1.807) is 27.8 Å². The van der Waals surface area contributed by atoms with E-state index in [1.807, 2.05) is 24.3 Å². The summed E-state index contributed by atoms with van der Waals surface area (Å²) in [6.45, 7) is 5.22. The minimum atomic E-state index is -0.663. The van der Waals surface area contributed by atoms with E-state index in [4.69, 9.17) is 9.47 Å². The van der Waals surface area contributed by atoms with Crippen molar-refractivity contribution in [3.63, 3.8) is 0 Å². The number of amides is 1. The van der Waals surface area contributed by atoms with Crippen LogP contribution in [0.1, 0.15) is 44.6 Å². The average molecular weight is 451 g/mol. The monoisotopic (exact) mass is 450 g/mol. The van der Waals surface area contributed by atoms with Gasteiger partial charge in [0, 0.05) is 23.8 Å². The van der Waals surface area contributed by atoms with Crippen molar-refractivity contribution < 1.29 is 23.9 Å². The van der Waals surface area contributed by atoms with Gasteiger partial charge < -0.3 is 19.4 Å². The minimum Gasteiger partial charge on any atom is -0.461 e. The third-order valence-electron chi connectivity index (χ3n) is 4.24. The number of nitrogens with zero attached hydrogens (tertiary/aromatic N) is 1. The van der Waals surface area contributed by atoms with Gasteiger partial charge in [0.15, 0.2) is 6.61 Å². The number of aromatic nitrogens is 1. The van der Waals surface area contributed by atoms with E-state index in [9.17, 15) is 14.4 Å². The lowest BCUT2D eigenvalue weighted by atomic mass is 10.1. The van der Waals surface area contributed by atoms with Gasteiger partial charge in [-0.05, 0) is 38.0 Å². The van der Waals surface area contributed by atoms with Crippen LogP contribution in [0.4, 0.5) is 0 Å². The number of halogens is 1. The highest BCUT2D eigenvalue weighted by Crippen LogP contribution is 2.20. The first-order valence-electron chi connectivity index (χ1n) is 8.77. The number of hydrogen-bond acceptors (Lipinski definition) is 5. The number of benzene rings is 1. The highest BCUT2D eigenvalue weighted by atomic mass is 79.9. The summed E-state index contributed by atoms with van der Waals surface area (Å²) in [6, 6.07) is 7.58. The highest BCUT2D eigenvalue weighted by Gasteiger charge is 2.24. The molecule has 1 heterocycles. The van der Waals surface area contributed by atoms with Crippen LogP contribution in [0.2, 0.25) is 0 Å². The molecule has 0 aliphatic heterocycles. The molecule has 1 aromatic carbocycles. The van der Waals surface area contributed by atoms with Crippen molar-refractivity contribution in [3.8, 4) is 0 Å². The Morgan fingerprint density at radius 1 is 1.11 bits per heavy atom. The molecule has 0 atom stereocenters. The predicted molar refractivity (Wildman–Crippen MR) is 107 cm³/mol. The van der Waals surface area contributed by atoms with E-state index in [2.05, 4.69) is 20.9 Å². The fourth-order valence-corrected chi connectivity index (χ4v) is 3.15. The summed E-state index contributed by atoms with van der Waals surface area (Å²) in [5, 5.41) is 0. The second kappa shape index (κ2) is 9.54. The molecule has 28 heavy (non-hydrogen) atoms. The molecule has 0 aliphatic rings. The summed E-state index contributed by atoms with van der Waals surface area (Å²) in [7, 11) is 1.64. The van der Waals surface area contributed by atoms with Crippen molar-refractivity contribution in [2.75, 3.05) is 20.3 Å². The number of likely N-dealkylation sites (N-methyl/N-ethyl adjacent to an activating group) is 1. The summed E-state index contributed by atoms with van der Waals surface area (Å²) in [5.74, 6) is -1.53. The van der Waals surface area contributed by atoms with Crippen LogP contribution >= 0.6 is 15.9 Å². The molecule has 2 aromatic rings. The Bertz CT molecular complexity index is 891. The van der Waals surface area contributed by atoms with E-state index < -0.39 is 18.5 Å². The quantitative estimate of drug-likeness (QED) is 0.652. The number of carbonyl (C=O) groups is 3. The van der Waals surface area contributed by atoms with Gasteiger partial charge in [-0.25, -0.2) is 9.59 Å². The van der Waals surface area contributed by atoms with Gasteiger partial charge in [-0.2, -0.15) is 0 Å². The first-order chi connectivity index (χ1) is 13.3. The molecule has 2 rings (SSSR count). The van der Waals surface area contributed by atoms with Gasteiger partial charge in [0.25, 0.3) is 5.91 Å². The molecule has 7 nitrogen and oxygen atoms in total. The Hall–Kier alpha value is -2.61. The molecule has 0 unspecified atom stereocenters. The van der Waals surface area contributed by atoms with Gasteiger partial charge in [0.05, 0.1) is 12.2 Å². The molecule has 0 radical (unpaired) electrons. The van der Waals surface area contributed by atoms with Crippen LogP contribution in [0, 0.1) is 13.8 Å². The topological polar surface area (TPSA) is 88.7 Å². The second-order valence-corrected chi connectivity index (χ2v) is 7.12. The van der Waals surface area contributed by atoms with Crippen LogP contribution in [0.3, 0.4) is 0 Å². The minimum absolute atomic E-state index is 0.212. The van der Waals surface area contributed by atoms with Crippen LogP contribution < -0.4 is 0 Å². The zero-order valence-electron chi connectivity index (χ0n) is 16.3. The van der Waals surface area contributed by atoms with Gasteiger partial charge in [0.2, 0.25) is 0 Å². The molecule has 1 aromatic heterocycles. The maximum Gasteiger partial charge on any atom is 0.355 e. The van der Waals surface area contributed by atoms with E-state index in [-0.39, 0.29) is 23.8 Å². The summed E-state index contributed by atoms with van der Waals surface area (Å²) in [6.07, 6.45) is 0. The van der Waals surface area contributed by atoms with Crippen molar-refractivity contribution >= 4 is 33.8 Å². The molecule has 0 saturated heterocycles. The van der Waals surface area contributed by atoms with E-state index >= 15 is 0 Å². The van der Waals surface area contributed by atoms with E-state index in [0.29, 0.717) is 17.8 Å². The fraction of sp³-hybridized carbons (Fsp3) is 0.350. The molecule has 0 fully saturated rings. The molecule has 0 spiro atoms. The maximum atomic E-state index is 12.4. The molecule has 1 N–H and O–H groups in total. The zero-order valence-corrected chi connectivity index (χ0v) is 17.9. The lowest BCUT2D eigenvalue weighted by Crippen LogP contribution is -2.31. The fourth-order valence-electron chi connectivity index (χ4n) is 2.74. The first-order valence-corrected chi connectivity index (χ1v) is 9.56. The molecule has 8 heteroatoms. The van der Waals surface area contributed by atoms with Crippen molar-refractivity contribution in [1.29, 1.82) is 0 Å². The molecular formula is C20H23BrN2O5. The standard InChI is InChI=1S/C20H23BrN2O5/c1-5-27-20(26)18-12(2)17(13(3)22-18)19(25)28-11-16(24)23(4)10-14-8-6-7-9-15(14)21/h6-9,22H,5,10-11H2,1-4H3. The Labute approximate surface area is 172 Å². The molecule has 0 saturated carbocycles. The molecule has 150 valence electrons. The van der Waals surface area contributed by atoms with Crippen LogP contribution in [0.25, 0.3) is 0 Å². The number of rotatable bonds is 7. The van der Waals surface area contributed by atoms with Crippen LogP contribution in [0.15, 0.2) is 28.7 Å². The van der Waals surface area contributed by atoms with Crippen LogP contribution in [-0.2, 0) is 20.8 Å². The summed E-state index contributed by atoms with van der Waals surface area (Å²) < 4.78 is 11.0. The van der Waals surface area contributed by atoms with Crippen molar-refractivity contribution in [2.24, 2.45) is 0 Å². The Kier molecular flexibility index (Phi) is 7.39. The third-order valence-corrected chi connectivity index (χ3v) is 5.01. The maximum absolute atomic E-state index is 12.4. The smallest absolute Gasteiger partial charge is 0.355 e. The van der Waals surface area contributed by atoms with E-state index in [0.717, 1.165) is 10.0 Å². The molecule has 0 aliphatic carbocycles. The number of H-pyrrole nitrogens is 1. The van der Waals surface area contributed by atoms with Crippen molar-refractivity contribution in [1.82, 2.24) is 9.88 Å². The van der Waals surface area contributed by atoms with Crippen molar-refractivity contribution in [3.05, 3.63) is 56.8 Å². The number of hydrogen-bond donors (Lipinski definition) is 1. The van der Waals surface area contributed by atoms with Crippen molar-refractivity contribution in [2.45, 2.75) is 27.3 Å². The lowest BCUT2D eigenvalue weighted by molar-refractivity contribution is -0.133. The predicted octanol–water partition coefficient (Wildman–Crippen LogP) is 3.39. The number of nitrogens with one attached hydrogen (secondary N) is 1.